The molecule has 1 unspecified atom stereocenters. The van der Waals surface area contributed by atoms with Gasteiger partial charge in [0.05, 0.1) is 11.6 Å². The Morgan fingerprint density at radius 2 is 2.19 bits per heavy atom. The van der Waals surface area contributed by atoms with Crippen molar-refractivity contribution in [2.24, 2.45) is 5.92 Å². The normalized spacial score (nSPS) is 17.2. The zero-order chi connectivity index (χ0) is 18.5. The topological polar surface area (TPSA) is 67.2 Å². The maximum absolute atomic E-state index is 13.5. The number of nitrogens with zero attached hydrogens (tertiary/aromatic N) is 3. The molecule has 1 saturated heterocycles. The number of piperidine rings is 1. The Morgan fingerprint density at radius 1 is 1.35 bits per heavy atom. The SMILES string of the molecule is CCCNC(=O)C1CCCN(c2ccc(=O)n(-c3cccc(F)c3)n2)C1. The third-order valence-electron chi connectivity index (χ3n) is 4.50. The summed E-state index contributed by atoms with van der Waals surface area (Å²) in [6.07, 6.45) is 2.63. The Balaban J connectivity index is 1.82. The Kier molecular flexibility index (Phi) is 5.65. The summed E-state index contributed by atoms with van der Waals surface area (Å²) in [6.45, 7) is 4.03. The van der Waals surface area contributed by atoms with Crippen LogP contribution < -0.4 is 15.8 Å². The Bertz CT molecular complexity index is 836. The molecular weight excluding hydrogens is 335 g/mol. The first-order chi connectivity index (χ1) is 12.6. The zero-order valence-electron chi connectivity index (χ0n) is 14.8. The van der Waals surface area contributed by atoms with Crippen molar-refractivity contribution in [2.75, 3.05) is 24.5 Å². The first-order valence-corrected chi connectivity index (χ1v) is 8.97. The van der Waals surface area contributed by atoms with Gasteiger partial charge in [-0.05, 0) is 43.5 Å². The van der Waals surface area contributed by atoms with E-state index in [0.29, 0.717) is 24.6 Å². The van der Waals surface area contributed by atoms with Gasteiger partial charge in [0.15, 0.2) is 0 Å². The third-order valence-corrected chi connectivity index (χ3v) is 4.50. The van der Waals surface area contributed by atoms with Crippen LogP contribution in [0, 0.1) is 11.7 Å². The van der Waals surface area contributed by atoms with E-state index < -0.39 is 5.82 Å². The zero-order valence-corrected chi connectivity index (χ0v) is 14.8. The van der Waals surface area contributed by atoms with Gasteiger partial charge in [0.1, 0.15) is 11.6 Å². The van der Waals surface area contributed by atoms with Crippen LogP contribution in [0.4, 0.5) is 10.2 Å². The van der Waals surface area contributed by atoms with E-state index >= 15 is 0 Å². The summed E-state index contributed by atoms with van der Waals surface area (Å²) >= 11 is 0. The summed E-state index contributed by atoms with van der Waals surface area (Å²) in [4.78, 5) is 26.4. The van der Waals surface area contributed by atoms with Crippen LogP contribution in [0.1, 0.15) is 26.2 Å². The van der Waals surface area contributed by atoms with E-state index in [2.05, 4.69) is 10.4 Å². The molecule has 1 fully saturated rings. The minimum atomic E-state index is -0.424. The second-order valence-electron chi connectivity index (χ2n) is 6.50. The number of nitrogens with one attached hydrogen (secondary N) is 1. The van der Waals surface area contributed by atoms with E-state index in [1.165, 1.54) is 22.9 Å². The lowest BCUT2D eigenvalue weighted by atomic mass is 9.97. The van der Waals surface area contributed by atoms with Gasteiger partial charge in [0.25, 0.3) is 5.56 Å². The number of carbonyl (C=O) groups is 1. The lowest BCUT2D eigenvalue weighted by molar-refractivity contribution is -0.125. The molecule has 1 aromatic carbocycles. The van der Waals surface area contributed by atoms with E-state index in [1.807, 2.05) is 11.8 Å². The van der Waals surface area contributed by atoms with E-state index in [-0.39, 0.29) is 17.4 Å². The van der Waals surface area contributed by atoms with Crippen molar-refractivity contribution in [1.29, 1.82) is 0 Å². The molecule has 2 aromatic rings. The van der Waals surface area contributed by atoms with Crippen molar-refractivity contribution in [3.05, 3.63) is 52.6 Å². The van der Waals surface area contributed by atoms with E-state index in [0.717, 1.165) is 25.8 Å². The number of carbonyl (C=O) groups excluding carboxylic acids is 1. The summed E-state index contributed by atoms with van der Waals surface area (Å²) in [6, 6.07) is 8.86. The number of hydrogen-bond acceptors (Lipinski definition) is 4. The maximum Gasteiger partial charge on any atom is 0.271 e. The highest BCUT2D eigenvalue weighted by molar-refractivity contribution is 5.79. The summed E-state index contributed by atoms with van der Waals surface area (Å²) in [7, 11) is 0. The summed E-state index contributed by atoms with van der Waals surface area (Å²) < 4.78 is 14.7. The number of amides is 1. The van der Waals surface area contributed by atoms with Gasteiger partial charge >= 0.3 is 0 Å². The van der Waals surface area contributed by atoms with Crippen LogP contribution in [0.3, 0.4) is 0 Å². The molecule has 26 heavy (non-hydrogen) atoms. The van der Waals surface area contributed by atoms with Gasteiger partial charge in [0.2, 0.25) is 5.91 Å². The smallest absolute Gasteiger partial charge is 0.271 e. The first-order valence-electron chi connectivity index (χ1n) is 8.97. The average molecular weight is 358 g/mol. The maximum atomic E-state index is 13.5. The number of halogens is 1. The fourth-order valence-electron chi connectivity index (χ4n) is 3.15. The van der Waals surface area contributed by atoms with Gasteiger partial charge in [-0.2, -0.15) is 4.68 Å². The number of rotatable bonds is 5. The predicted octanol–water partition coefficient (Wildman–Crippen LogP) is 2.11. The molecule has 7 heteroatoms. The van der Waals surface area contributed by atoms with Crippen molar-refractivity contribution < 1.29 is 9.18 Å². The molecule has 1 aliphatic rings. The second kappa shape index (κ2) is 8.12. The Morgan fingerprint density at radius 3 is 2.96 bits per heavy atom. The highest BCUT2D eigenvalue weighted by Crippen LogP contribution is 2.21. The molecule has 1 N–H and O–H groups in total. The fraction of sp³-hybridized carbons (Fsp3) is 0.421. The van der Waals surface area contributed by atoms with Crippen molar-refractivity contribution in [2.45, 2.75) is 26.2 Å². The molecule has 0 aliphatic carbocycles. The van der Waals surface area contributed by atoms with E-state index in [9.17, 15) is 14.0 Å². The van der Waals surface area contributed by atoms with Crippen LogP contribution in [0.25, 0.3) is 5.69 Å². The highest BCUT2D eigenvalue weighted by Gasteiger charge is 2.26. The first kappa shape index (κ1) is 18.1. The van der Waals surface area contributed by atoms with Crippen LogP contribution in [-0.4, -0.2) is 35.3 Å². The van der Waals surface area contributed by atoms with Gasteiger partial charge in [-0.1, -0.05) is 13.0 Å². The average Bonchev–Trinajstić information content (AvgIpc) is 2.66. The Hall–Kier alpha value is -2.70. The quantitative estimate of drug-likeness (QED) is 0.889. The molecule has 3 rings (SSSR count). The standard InChI is InChI=1S/C19H23FN4O2/c1-2-10-21-19(26)14-5-4-11-23(13-14)17-8-9-18(25)24(22-17)16-7-3-6-15(20)12-16/h3,6-9,12,14H,2,4-5,10-11,13H2,1H3,(H,21,26). The van der Waals surface area contributed by atoms with Crippen LogP contribution in [0.15, 0.2) is 41.2 Å². The summed E-state index contributed by atoms with van der Waals surface area (Å²) in [5.41, 5.74) is 0.0553. The van der Waals surface area contributed by atoms with Gasteiger partial charge in [-0.15, -0.1) is 5.10 Å². The van der Waals surface area contributed by atoms with E-state index in [1.54, 1.807) is 18.2 Å². The van der Waals surface area contributed by atoms with Crippen molar-refractivity contribution >= 4 is 11.7 Å². The largest absolute Gasteiger partial charge is 0.356 e. The van der Waals surface area contributed by atoms with Crippen LogP contribution in [0.5, 0.6) is 0 Å². The van der Waals surface area contributed by atoms with Crippen LogP contribution >= 0.6 is 0 Å². The van der Waals surface area contributed by atoms with Crippen LogP contribution in [-0.2, 0) is 4.79 Å². The number of hydrogen-bond donors (Lipinski definition) is 1. The van der Waals surface area contributed by atoms with Gasteiger partial charge in [-0.25, -0.2) is 4.39 Å². The molecular formula is C19H23FN4O2. The van der Waals surface area contributed by atoms with E-state index in [4.69, 9.17) is 0 Å². The second-order valence-corrected chi connectivity index (χ2v) is 6.50. The Labute approximate surface area is 151 Å². The number of benzene rings is 1. The monoisotopic (exact) mass is 358 g/mol. The van der Waals surface area contributed by atoms with Crippen LogP contribution in [0.2, 0.25) is 0 Å². The van der Waals surface area contributed by atoms with Gasteiger partial charge in [0, 0.05) is 25.7 Å². The molecule has 2 heterocycles. The molecule has 1 aliphatic heterocycles. The summed E-state index contributed by atoms with van der Waals surface area (Å²) in [5.74, 6) is 0.163. The molecule has 1 aromatic heterocycles. The molecule has 0 radical (unpaired) electrons. The molecule has 138 valence electrons. The molecule has 0 bridgehead atoms. The minimum Gasteiger partial charge on any atom is -0.356 e. The van der Waals surface area contributed by atoms with Crippen molar-refractivity contribution in [3.8, 4) is 5.69 Å². The molecule has 0 spiro atoms. The lowest BCUT2D eigenvalue weighted by Gasteiger charge is -2.32. The number of aromatic nitrogens is 2. The van der Waals surface area contributed by atoms with Crippen molar-refractivity contribution in [1.82, 2.24) is 15.1 Å². The molecule has 0 saturated carbocycles. The lowest BCUT2D eigenvalue weighted by Crippen LogP contribution is -2.44. The molecule has 6 nitrogen and oxygen atoms in total. The number of anilines is 1. The highest BCUT2D eigenvalue weighted by atomic mass is 19.1. The van der Waals surface area contributed by atoms with Gasteiger partial charge < -0.3 is 10.2 Å². The molecule has 1 amide bonds. The summed E-state index contributed by atoms with van der Waals surface area (Å²) in [5, 5.41) is 7.34. The minimum absolute atomic E-state index is 0.0648. The third kappa shape index (κ3) is 4.09. The predicted molar refractivity (Wildman–Crippen MR) is 98.0 cm³/mol. The van der Waals surface area contributed by atoms with Crippen molar-refractivity contribution in [3.63, 3.8) is 0 Å². The fourth-order valence-corrected chi connectivity index (χ4v) is 3.15. The molecule has 1 atom stereocenters. The van der Waals surface area contributed by atoms with Gasteiger partial charge in [-0.3, -0.25) is 9.59 Å².